The van der Waals surface area contributed by atoms with Crippen LogP contribution in [-0.2, 0) is 6.42 Å². The third-order valence-corrected chi connectivity index (χ3v) is 2.25. The highest BCUT2D eigenvalue weighted by molar-refractivity contribution is 5.73. The number of H-pyrrole nitrogens is 1. The topological polar surface area (TPSA) is 69.8 Å². The van der Waals surface area contributed by atoms with E-state index in [1.807, 2.05) is 0 Å². The predicted molar refractivity (Wildman–Crippen MR) is 63.2 cm³/mol. The van der Waals surface area contributed by atoms with E-state index in [-0.39, 0.29) is 6.03 Å². The van der Waals surface area contributed by atoms with Gasteiger partial charge >= 0.3 is 6.03 Å². The Labute approximate surface area is 96.0 Å². The van der Waals surface area contributed by atoms with Crippen molar-refractivity contribution in [1.82, 2.24) is 20.6 Å². The lowest BCUT2D eigenvalue weighted by Crippen LogP contribution is -2.36. The predicted octanol–water partition coefficient (Wildman–Crippen LogP) is 1.44. The Bertz CT molecular complexity index is 284. The molecule has 5 heteroatoms. The maximum atomic E-state index is 11.2. The number of aryl methyl sites for hydroxylation is 1. The summed E-state index contributed by atoms with van der Waals surface area (Å²) in [6.07, 6.45) is 7.43. The second-order valence-corrected chi connectivity index (χ2v) is 3.68. The van der Waals surface area contributed by atoms with E-state index < -0.39 is 0 Å². The van der Waals surface area contributed by atoms with Crippen molar-refractivity contribution in [2.45, 2.75) is 32.6 Å². The van der Waals surface area contributed by atoms with Crippen LogP contribution in [0.15, 0.2) is 12.4 Å². The molecule has 2 amide bonds. The first-order valence-electron chi connectivity index (χ1n) is 5.83. The molecule has 3 N–H and O–H groups in total. The molecule has 1 heterocycles. The zero-order chi connectivity index (χ0) is 11.6. The second kappa shape index (κ2) is 7.73. The smallest absolute Gasteiger partial charge is 0.314 e. The normalized spacial score (nSPS) is 10.1. The molecule has 0 aromatic carbocycles. The van der Waals surface area contributed by atoms with Gasteiger partial charge in [-0.3, -0.25) is 0 Å². The number of rotatable bonds is 7. The second-order valence-electron chi connectivity index (χ2n) is 3.68. The molecule has 5 nitrogen and oxygen atoms in total. The molecule has 1 rings (SSSR count). The van der Waals surface area contributed by atoms with Crippen LogP contribution in [-0.4, -0.2) is 29.1 Å². The number of aromatic nitrogens is 2. The Hall–Kier alpha value is -1.52. The van der Waals surface area contributed by atoms with Crippen LogP contribution in [0, 0.1) is 0 Å². The number of carbonyl (C=O) groups excluding carboxylic acids is 1. The maximum Gasteiger partial charge on any atom is 0.314 e. The minimum atomic E-state index is -0.0760. The number of aromatic amines is 1. The van der Waals surface area contributed by atoms with Gasteiger partial charge < -0.3 is 15.6 Å². The van der Waals surface area contributed by atoms with Crippen LogP contribution < -0.4 is 10.6 Å². The summed E-state index contributed by atoms with van der Waals surface area (Å²) < 4.78 is 0. The van der Waals surface area contributed by atoms with E-state index in [0.29, 0.717) is 6.54 Å². The van der Waals surface area contributed by atoms with E-state index in [1.165, 1.54) is 0 Å². The van der Waals surface area contributed by atoms with Crippen LogP contribution in [0.2, 0.25) is 0 Å². The molecule has 0 fully saturated rings. The van der Waals surface area contributed by atoms with Gasteiger partial charge in [-0.05, 0) is 12.8 Å². The molecule has 0 aliphatic rings. The van der Waals surface area contributed by atoms with E-state index in [2.05, 4.69) is 27.5 Å². The Kier molecular flexibility index (Phi) is 6.06. The van der Waals surface area contributed by atoms with Gasteiger partial charge in [0.15, 0.2) is 0 Å². The van der Waals surface area contributed by atoms with Crippen molar-refractivity contribution < 1.29 is 4.79 Å². The van der Waals surface area contributed by atoms with Gasteiger partial charge in [-0.25, -0.2) is 9.78 Å². The van der Waals surface area contributed by atoms with Gasteiger partial charge in [-0.1, -0.05) is 13.3 Å². The Morgan fingerprint density at radius 3 is 2.75 bits per heavy atom. The summed E-state index contributed by atoms with van der Waals surface area (Å²) in [6, 6.07) is -0.0760. The number of hydrogen-bond donors (Lipinski definition) is 3. The van der Waals surface area contributed by atoms with Crippen LogP contribution in [0.1, 0.15) is 32.0 Å². The molecule has 90 valence electrons. The van der Waals surface area contributed by atoms with Gasteiger partial charge in [-0.15, -0.1) is 0 Å². The summed E-state index contributed by atoms with van der Waals surface area (Å²) in [6.45, 7) is 3.53. The molecule has 0 saturated heterocycles. The van der Waals surface area contributed by atoms with E-state index in [4.69, 9.17) is 0 Å². The van der Waals surface area contributed by atoms with Crippen LogP contribution >= 0.6 is 0 Å². The van der Waals surface area contributed by atoms with Crippen LogP contribution in [0.25, 0.3) is 0 Å². The monoisotopic (exact) mass is 224 g/mol. The minimum Gasteiger partial charge on any atom is -0.349 e. The first-order valence-corrected chi connectivity index (χ1v) is 5.83. The first-order chi connectivity index (χ1) is 7.83. The molecular formula is C11H20N4O. The van der Waals surface area contributed by atoms with E-state index in [1.54, 1.807) is 12.4 Å². The van der Waals surface area contributed by atoms with Crippen molar-refractivity contribution in [3.05, 3.63) is 18.2 Å². The van der Waals surface area contributed by atoms with Crippen molar-refractivity contribution in [2.75, 3.05) is 13.1 Å². The van der Waals surface area contributed by atoms with Gasteiger partial charge in [0.05, 0.1) is 0 Å². The lowest BCUT2D eigenvalue weighted by atomic mass is 10.3. The number of nitrogens with one attached hydrogen (secondary N) is 3. The number of carbonyl (C=O) groups is 1. The molecule has 0 aliphatic heterocycles. The number of imidazole rings is 1. The third-order valence-electron chi connectivity index (χ3n) is 2.25. The highest BCUT2D eigenvalue weighted by Gasteiger charge is 1.98. The van der Waals surface area contributed by atoms with Crippen LogP contribution in [0.4, 0.5) is 4.79 Å². The average molecular weight is 224 g/mol. The van der Waals surface area contributed by atoms with Gasteiger partial charge in [-0.2, -0.15) is 0 Å². The molecule has 16 heavy (non-hydrogen) atoms. The summed E-state index contributed by atoms with van der Waals surface area (Å²) in [7, 11) is 0. The van der Waals surface area contributed by atoms with E-state index in [0.717, 1.165) is 38.1 Å². The number of nitrogens with zero attached hydrogens (tertiary/aromatic N) is 1. The molecule has 1 aromatic rings. The Morgan fingerprint density at radius 2 is 2.12 bits per heavy atom. The summed E-state index contributed by atoms with van der Waals surface area (Å²) in [5.41, 5.74) is 0. The molecular weight excluding hydrogens is 204 g/mol. The zero-order valence-electron chi connectivity index (χ0n) is 9.75. The molecule has 0 radical (unpaired) electrons. The van der Waals surface area contributed by atoms with E-state index in [9.17, 15) is 4.79 Å². The number of amides is 2. The fourth-order valence-electron chi connectivity index (χ4n) is 1.33. The molecule has 0 bridgehead atoms. The fraction of sp³-hybridized carbons (Fsp3) is 0.636. The Balaban J connectivity index is 1.96. The highest BCUT2D eigenvalue weighted by atomic mass is 16.2. The maximum absolute atomic E-state index is 11.2. The van der Waals surface area contributed by atoms with Crippen molar-refractivity contribution in [3.63, 3.8) is 0 Å². The van der Waals surface area contributed by atoms with Gasteiger partial charge in [0.2, 0.25) is 0 Å². The number of urea groups is 1. The standard InChI is InChI=1S/C11H20N4O/c1-2-3-6-14-11(16)15-7-4-5-10-12-8-9-13-10/h8-9H,2-7H2,1H3,(H,12,13)(H2,14,15,16). The average Bonchev–Trinajstić information content (AvgIpc) is 2.78. The molecule has 1 aromatic heterocycles. The van der Waals surface area contributed by atoms with Gasteiger partial charge in [0, 0.05) is 31.9 Å². The fourth-order valence-corrected chi connectivity index (χ4v) is 1.33. The minimum absolute atomic E-state index is 0.0760. The Morgan fingerprint density at radius 1 is 1.38 bits per heavy atom. The largest absolute Gasteiger partial charge is 0.349 e. The number of unbranched alkanes of at least 4 members (excludes halogenated alkanes) is 1. The van der Waals surface area contributed by atoms with E-state index >= 15 is 0 Å². The third kappa shape index (κ3) is 5.38. The lowest BCUT2D eigenvalue weighted by Gasteiger charge is -2.06. The van der Waals surface area contributed by atoms with Crippen molar-refractivity contribution in [2.24, 2.45) is 0 Å². The number of hydrogen-bond acceptors (Lipinski definition) is 2. The SMILES string of the molecule is CCCCNC(=O)NCCCc1ncc[nH]1. The summed E-state index contributed by atoms with van der Waals surface area (Å²) in [5.74, 6) is 0.966. The molecule has 0 saturated carbocycles. The van der Waals surface area contributed by atoms with Gasteiger partial charge in [0.1, 0.15) is 5.82 Å². The van der Waals surface area contributed by atoms with Crippen molar-refractivity contribution in [1.29, 1.82) is 0 Å². The zero-order valence-corrected chi connectivity index (χ0v) is 9.75. The molecule has 0 atom stereocenters. The summed E-state index contributed by atoms with van der Waals surface area (Å²) in [5, 5.41) is 5.62. The van der Waals surface area contributed by atoms with Crippen molar-refractivity contribution in [3.8, 4) is 0 Å². The summed E-state index contributed by atoms with van der Waals surface area (Å²) >= 11 is 0. The van der Waals surface area contributed by atoms with Crippen LogP contribution in [0.5, 0.6) is 0 Å². The van der Waals surface area contributed by atoms with Crippen LogP contribution in [0.3, 0.4) is 0 Å². The lowest BCUT2D eigenvalue weighted by molar-refractivity contribution is 0.240. The quantitative estimate of drug-likeness (QED) is 0.613. The first kappa shape index (κ1) is 12.5. The molecule has 0 aliphatic carbocycles. The van der Waals surface area contributed by atoms with Gasteiger partial charge in [0.25, 0.3) is 0 Å². The highest BCUT2D eigenvalue weighted by Crippen LogP contribution is 1.93. The summed E-state index contributed by atoms with van der Waals surface area (Å²) in [4.78, 5) is 18.4. The van der Waals surface area contributed by atoms with Crippen molar-refractivity contribution >= 4 is 6.03 Å². The molecule has 0 unspecified atom stereocenters. The molecule has 0 spiro atoms.